The highest BCUT2D eigenvalue weighted by atomic mass is 35.5. The number of rotatable bonds is 6. The van der Waals surface area contributed by atoms with Crippen molar-refractivity contribution in [2.24, 2.45) is 0 Å². The molecule has 0 saturated carbocycles. The fraction of sp³-hybridized carbons (Fsp3) is 0.167. The molecule has 1 heterocycles. The molecule has 0 aliphatic carbocycles. The number of anilines is 2. The summed E-state index contributed by atoms with van der Waals surface area (Å²) in [4.78, 5) is 12.0. The Morgan fingerprint density at radius 1 is 1.13 bits per heavy atom. The summed E-state index contributed by atoms with van der Waals surface area (Å²) in [5.41, 5.74) is 3.27. The molecule has 5 heteroatoms. The number of nitrogens with one attached hydrogen (secondary N) is 2. The van der Waals surface area contributed by atoms with Gasteiger partial charge < -0.3 is 15.4 Å². The molecule has 1 aliphatic rings. The molecule has 2 N–H and O–H groups in total. The first-order valence-corrected chi connectivity index (χ1v) is 7.97. The minimum absolute atomic E-state index is 0.0975. The van der Waals surface area contributed by atoms with Gasteiger partial charge in [0.1, 0.15) is 5.75 Å². The summed E-state index contributed by atoms with van der Waals surface area (Å²) >= 11 is 5.62. The van der Waals surface area contributed by atoms with Gasteiger partial charge in [0.15, 0.2) is 0 Å². The Labute approximate surface area is 140 Å². The van der Waals surface area contributed by atoms with Crippen LogP contribution in [0.2, 0.25) is 0 Å². The summed E-state index contributed by atoms with van der Waals surface area (Å²) < 4.78 is 5.55. The summed E-state index contributed by atoms with van der Waals surface area (Å²) in [6.07, 6.45) is 2.55. The van der Waals surface area contributed by atoms with Crippen LogP contribution in [0, 0.1) is 0 Å². The number of fused-ring (bicyclic) bond motifs is 1. The van der Waals surface area contributed by atoms with E-state index in [4.69, 9.17) is 16.3 Å². The topological polar surface area (TPSA) is 50.4 Å². The van der Waals surface area contributed by atoms with Crippen LogP contribution in [-0.2, 0) is 4.79 Å². The highest BCUT2D eigenvalue weighted by Gasteiger charge is 2.23. The molecule has 0 radical (unpaired) electrons. The fourth-order valence-electron chi connectivity index (χ4n) is 2.33. The minimum atomic E-state index is -0.0975. The van der Waals surface area contributed by atoms with Gasteiger partial charge in [-0.15, -0.1) is 11.6 Å². The second kappa shape index (κ2) is 7.20. The van der Waals surface area contributed by atoms with Crippen molar-refractivity contribution >= 4 is 34.5 Å². The third-order valence-electron chi connectivity index (χ3n) is 3.49. The molecule has 0 saturated heterocycles. The van der Waals surface area contributed by atoms with Crippen LogP contribution in [-0.4, -0.2) is 18.4 Å². The number of ether oxygens (including phenoxy) is 1. The zero-order valence-corrected chi connectivity index (χ0v) is 13.3. The monoisotopic (exact) mass is 328 g/mol. The molecule has 0 aromatic heterocycles. The Morgan fingerprint density at radius 3 is 2.70 bits per heavy atom. The number of hydrogen-bond donors (Lipinski definition) is 2. The normalized spacial score (nSPS) is 14.5. The summed E-state index contributed by atoms with van der Waals surface area (Å²) in [7, 11) is 0. The molecule has 3 rings (SSSR count). The van der Waals surface area contributed by atoms with E-state index in [9.17, 15) is 4.79 Å². The van der Waals surface area contributed by atoms with E-state index in [0.717, 1.165) is 29.1 Å². The van der Waals surface area contributed by atoms with Crippen LogP contribution < -0.4 is 15.4 Å². The van der Waals surface area contributed by atoms with Crippen molar-refractivity contribution in [1.29, 1.82) is 0 Å². The maximum atomic E-state index is 12.0. The lowest BCUT2D eigenvalue weighted by Gasteiger charge is -2.07. The van der Waals surface area contributed by atoms with Crippen LogP contribution in [0.3, 0.4) is 0 Å². The first-order valence-electron chi connectivity index (χ1n) is 7.44. The number of hydrogen-bond acceptors (Lipinski definition) is 3. The van der Waals surface area contributed by atoms with E-state index in [1.165, 1.54) is 0 Å². The highest BCUT2D eigenvalue weighted by Crippen LogP contribution is 2.31. The molecule has 23 heavy (non-hydrogen) atoms. The molecule has 2 aromatic carbocycles. The van der Waals surface area contributed by atoms with Crippen molar-refractivity contribution in [2.45, 2.75) is 6.42 Å². The molecule has 0 atom stereocenters. The molecule has 0 bridgehead atoms. The first kappa shape index (κ1) is 15.4. The first-order chi connectivity index (χ1) is 11.3. The molecular weight excluding hydrogens is 312 g/mol. The van der Waals surface area contributed by atoms with Crippen molar-refractivity contribution in [1.82, 2.24) is 0 Å². The van der Waals surface area contributed by atoms with E-state index in [0.29, 0.717) is 18.1 Å². The van der Waals surface area contributed by atoms with Gasteiger partial charge in [-0.3, -0.25) is 4.79 Å². The average Bonchev–Trinajstić information content (AvgIpc) is 2.90. The number of carbonyl (C=O) groups excluding carboxylic acids is 1. The van der Waals surface area contributed by atoms with Crippen molar-refractivity contribution < 1.29 is 9.53 Å². The maximum absolute atomic E-state index is 12.0. The second-order valence-corrected chi connectivity index (χ2v) is 5.50. The van der Waals surface area contributed by atoms with Gasteiger partial charge in [-0.1, -0.05) is 18.2 Å². The van der Waals surface area contributed by atoms with Crippen LogP contribution in [0.1, 0.15) is 12.0 Å². The van der Waals surface area contributed by atoms with Crippen LogP contribution >= 0.6 is 11.6 Å². The fourth-order valence-corrected chi connectivity index (χ4v) is 2.44. The third-order valence-corrected chi connectivity index (χ3v) is 3.76. The third kappa shape index (κ3) is 3.66. The van der Waals surface area contributed by atoms with Crippen LogP contribution in [0.5, 0.6) is 5.75 Å². The van der Waals surface area contributed by atoms with Crippen molar-refractivity contribution in [2.75, 3.05) is 23.1 Å². The van der Waals surface area contributed by atoms with Gasteiger partial charge in [-0.25, -0.2) is 0 Å². The van der Waals surface area contributed by atoms with E-state index in [-0.39, 0.29) is 5.91 Å². The van der Waals surface area contributed by atoms with Crippen LogP contribution in [0.25, 0.3) is 5.57 Å². The Morgan fingerprint density at radius 2 is 1.91 bits per heavy atom. The lowest BCUT2D eigenvalue weighted by molar-refractivity contribution is -0.110. The van der Waals surface area contributed by atoms with Gasteiger partial charge in [0, 0.05) is 29.0 Å². The number of amides is 1. The molecule has 0 spiro atoms. The summed E-state index contributed by atoms with van der Waals surface area (Å²) in [5, 5.41) is 6.00. The number of para-hydroxylation sites is 1. The Hall–Kier alpha value is -2.46. The van der Waals surface area contributed by atoms with Crippen molar-refractivity contribution in [3.05, 3.63) is 60.3 Å². The van der Waals surface area contributed by atoms with Gasteiger partial charge in [0.2, 0.25) is 0 Å². The van der Waals surface area contributed by atoms with Gasteiger partial charge in [0.05, 0.1) is 12.2 Å². The molecule has 4 nitrogen and oxygen atoms in total. The maximum Gasteiger partial charge on any atom is 0.257 e. The summed E-state index contributed by atoms with van der Waals surface area (Å²) in [6, 6.07) is 15.2. The highest BCUT2D eigenvalue weighted by molar-refractivity contribution is 6.31. The van der Waals surface area contributed by atoms with Crippen molar-refractivity contribution in [3.8, 4) is 5.75 Å². The van der Waals surface area contributed by atoms with Gasteiger partial charge in [-0.2, -0.15) is 0 Å². The van der Waals surface area contributed by atoms with E-state index in [2.05, 4.69) is 10.6 Å². The molecule has 1 amide bonds. The predicted molar refractivity (Wildman–Crippen MR) is 93.9 cm³/mol. The molecular formula is C18H17ClN2O2. The zero-order chi connectivity index (χ0) is 16.1. The molecule has 1 aliphatic heterocycles. The number of alkyl halides is 1. The molecule has 118 valence electrons. The number of carbonyl (C=O) groups is 1. The smallest absolute Gasteiger partial charge is 0.257 e. The van der Waals surface area contributed by atoms with E-state index in [1.807, 2.05) is 48.5 Å². The summed E-state index contributed by atoms with van der Waals surface area (Å²) in [6.45, 7) is 0.608. The predicted octanol–water partition coefficient (Wildman–Crippen LogP) is 4.10. The SMILES string of the molecule is O=C1Nc2ccccc2C1=CNc1ccc(OCCCCl)cc1. The van der Waals surface area contributed by atoms with Gasteiger partial charge in [0.25, 0.3) is 5.91 Å². The molecule has 2 aromatic rings. The lowest BCUT2D eigenvalue weighted by Crippen LogP contribution is -2.05. The van der Waals surface area contributed by atoms with E-state index < -0.39 is 0 Å². The van der Waals surface area contributed by atoms with E-state index >= 15 is 0 Å². The second-order valence-electron chi connectivity index (χ2n) is 5.12. The number of benzene rings is 2. The zero-order valence-electron chi connectivity index (χ0n) is 12.5. The standard InChI is InChI=1S/C18H17ClN2O2/c19-10-3-11-23-14-8-6-13(7-9-14)20-12-16-15-4-1-2-5-17(15)21-18(16)22/h1-2,4-9,12,20H,3,10-11H2,(H,21,22). The Balaban J connectivity index is 1.67. The van der Waals surface area contributed by atoms with Gasteiger partial charge in [-0.05, 0) is 36.8 Å². The molecule has 0 fully saturated rings. The quantitative estimate of drug-likeness (QED) is 0.477. The van der Waals surface area contributed by atoms with Gasteiger partial charge >= 0.3 is 0 Å². The van der Waals surface area contributed by atoms with Crippen LogP contribution in [0.4, 0.5) is 11.4 Å². The lowest BCUT2D eigenvalue weighted by atomic mass is 10.1. The Bertz CT molecular complexity index is 726. The van der Waals surface area contributed by atoms with E-state index in [1.54, 1.807) is 6.20 Å². The largest absolute Gasteiger partial charge is 0.494 e. The number of halogens is 1. The molecule has 0 unspecified atom stereocenters. The summed E-state index contributed by atoms with van der Waals surface area (Å²) in [5.74, 6) is 1.30. The van der Waals surface area contributed by atoms with Crippen LogP contribution in [0.15, 0.2) is 54.7 Å². The minimum Gasteiger partial charge on any atom is -0.494 e. The Kier molecular flexibility index (Phi) is 4.83. The average molecular weight is 329 g/mol. The van der Waals surface area contributed by atoms with Crippen molar-refractivity contribution in [3.63, 3.8) is 0 Å².